The summed E-state index contributed by atoms with van der Waals surface area (Å²) in [5, 5.41) is 0. The lowest BCUT2D eigenvalue weighted by molar-refractivity contribution is -0.143. The monoisotopic (exact) mass is 370 g/mol. The van der Waals surface area contributed by atoms with Crippen molar-refractivity contribution < 1.29 is 14.3 Å². The fraction of sp³-hybridized carbons (Fsp3) is 0.636. The number of rotatable bonds is 4. The Kier molecular flexibility index (Phi) is 5.65. The average Bonchev–Trinajstić information content (AvgIpc) is 3.25. The molecule has 5 heteroatoms. The highest BCUT2D eigenvalue weighted by atomic mass is 16.5. The number of hydrogen-bond acceptors (Lipinski definition) is 3. The molecule has 27 heavy (non-hydrogen) atoms. The van der Waals surface area contributed by atoms with Crippen LogP contribution in [0.15, 0.2) is 24.3 Å². The van der Waals surface area contributed by atoms with Gasteiger partial charge in [-0.2, -0.15) is 0 Å². The van der Waals surface area contributed by atoms with Crippen molar-refractivity contribution in [2.75, 3.05) is 32.8 Å². The molecule has 2 amide bonds. The van der Waals surface area contributed by atoms with E-state index in [0.717, 1.165) is 30.1 Å². The molecule has 3 aliphatic rings. The third-order valence-corrected chi connectivity index (χ3v) is 6.41. The van der Waals surface area contributed by atoms with Gasteiger partial charge < -0.3 is 14.5 Å². The number of carbonyl (C=O) groups is 2. The van der Waals surface area contributed by atoms with Crippen LogP contribution in [-0.4, -0.2) is 54.4 Å². The highest BCUT2D eigenvalue weighted by Gasteiger charge is 2.32. The Morgan fingerprint density at radius 2 is 1.70 bits per heavy atom. The van der Waals surface area contributed by atoms with Gasteiger partial charge in [0, 0.05) is 32.6 Å². The summed E-state index contributed by atoms with van der Waals surface area (Å²) in [4.78, 5) is 29.2. The number of para-hydroxylation sites is 1. The summed E-state index contributed by atoms with van der Waals surface area (Å²) in [5.41, 5.74) is 1.11. The number of piperazine rings is 1. The third kappa shape index (κ3) is 4.28. The van der Waals surface area contributed by atoms with E-state index in [9.17, 15) is 9.59 Å². The molecule has 1 aliphatic carbocycles. The van der Waals surface area contributed by atoms with E-state index in [1.807, 2.05) is 34.1 Å². The Morgan fingerprint density at radius 3 is 2.48 bits per heavy atom. The van der Waals surface area contributed by atoms with E-state index in [2.05, 4.69) is 0 Å². The van der Waals surface area contributed by atoms with E-state index >= 15 is 0 Å². The third-order valence-electron chi connectivity index (χ3n) is 6.41. The van der Waals surface area contributed by atoms with Gasteiger partial charge in [0.05, 0.1) is 5.92 Å². The number of carbonyl (C=O) groups excluding carboxylic acids is 2. The van der Waals surface area contributed by atoms with Gasteiger partial charge in [0.25, 0.3) is 0 Å². The first-order valence-electron chi connectivity index (χ1n) is 10.5. The molecule has 0 radical (unpaired) electrons. The summed E-state index contributed by atoms with van der Waals surface area (Å²) in [6, 6.07) is 7.96. The lowest BCUT2D eigenvalue weighted by Crippen LogP contribution is -2.53. The van der Waals surface area contributed by atoms with Crippen LogP contribution in [0.5, 0.6) is 5.75 Å². The smallest absolute Gasteiger partial charge is 0.229 e. The second-order valence-corrected chi connectivity index (χ2v) is 8.22. The largest absolute Gasteiger partial charge is 0.492 e. The Balaban J connectivity index is 1.24. The zero-order valence-corrected chi connectivity index (χ0v) is 16.1. The Bertz CT molecular complexity index is 676. The molecule has 1 saturated carbocycles. The Morgan fingerprint density at radius 1 is 1.00 bits per heavy atom. The molecule has 146 valence electrons. The van der Waals surface area contributed by atoms with Crippen molar-refractivity contribution in [3.05, 3.63) is 29.8 Å². The number of hydrogen-bond donors (Lipinski definition) is 0. The first kappa shape index (κ1) is 18.3. The van der Waals surface area contributed by atoms with Crippen LogP contribution < -0.4 is 4.74 Å². The molecule has 1 atom stereocenters. The van der Waals surface area contributed by atoms with Crippen LogP contribution in [0.3, 0.4) is 0 Å². The fourth-order valence-corrected chi connectivity index (χ4v) is 4.71. The minimum Gasteiger partial charge on any atom is -0.492 e. The van der Waals surface area contributed by atoms with E-state index in [1.54, 1.807) is 0 Å². The predicted octanol–water partition coefficient (Wildman–Crippen LogP) is 2.88. The van der Waals surface area contributed by atoms with Crippen LogP contribution in [0.1, 0.15) is 44.1 Å². The van der Waals surface area contributed by atoms with Crippen molar-refractivity contribution in [2.24, 2.45) is 11.8 Å². The minimum absolute atomic E-state index is 0.107. The number of amides is 2. The molecule has 4 rings (SSSR count). The van der Waals surface area contributed by atoms with Gasteiger partial charge in [0.1, 0.15) is 12.4 Å². The van der Waals surface area contributed by atoms with E-state index in [-0.39, 0.29) is 17.7 Å². The van der Waals surface area contributed by atoms with Gasteiger partial charge in [-0.3, -0.25) is 9.59 Å². The maximum absolute atomic E-state index is 12.9. The molecule has 1 aromatic rings. The van der Waals surface area contributed by atoms with Crippen molar-refractivity contribution in [2.45, 2.75) is 44.9 Å². The number of fused-ring (bicyclic) bond motifs is 1. The molecular weight excluding hydrogens is 340 g/mol. The average molecular weight is 370 g/mol. The standard InChI is InChI=1S/C22H30N2O3/c25-21(10-9-17-5-1-2-6-17)23-11-13-24(14-12-23)22(26)19-15-18-7-3-4-8-20(18)27-16-19/h3-4,7-8,17,19H,1-2,5-6,9-16H2. The van der Waals surface area contributed by atoms with Crippen LogP contribution in [0.4, 0.5) is 0 Å². The fourth-order valence-electron chi connectivity index (χ4n) is 4.71. The molecule has 1 saturated heterocycles. The molecule has 2 fully saturated rings. The molecular formula is C22H30N2O3. The quantitative estimate of drug-likeness (QED) is 0.819. The molecule has 5 nitrogen and oxygen atoms in total. The van der Waals surface area contributed by atoms with Gasteiger partial charge in [0.15, 0.2) is 0 Å². The van der Waals surface area contributed by atoms with Crippen LogP contribution >= 0.6 is 0 Å². The molecule has 0 spiro atoms. The normalized spacial score (nSPS) is 23.0. The first-order valence-corrected chi connectivity index (χ1v) is 10.5. The summed E-state index contributed by atoms with van der Waals surface area (Å²) in [5.74, 6) is 1.99. The van der Waals surface area contributed by atoms with Gasteiger partial charge in [-0.25, -0.2) is 0 Å². The van der Waals surface area contributed by atoms with Crippen LogP contribution in [0.25, 0.3) is 0 Å². The molecule has 1 aromatic carbocycles. The molecule has 1 unspecified atom stereocenters. The van der Waals surface area contributed by atoms with Crippen molar-refractivity contribution in [1.82, 2.24) is 9.80 Å². The van der Waals surface area contributed by atoms with Crippen molar-refractivity contribution in [1.29, 1.82) is 0 Å². The zero-order valence-electron chi connectivity index (χ0n) is 16.1. The van der Waals surface area contributed by atoms with E-state index in [0.29, 0.717) is 39.2 Å². The summed E-state index contributed by atoms with van der Waals surface area (Å²) in [6.45, 7) is 3.08. The van der Waals surface area contributed by atoms with E-state index in [4.69, 9.17) is 4.74 Å². The van der Waals surface area contributed by atoms with E-state index in [1.165, 1.54) is 25.7 Å². The Hall–Kier alpha value is -2.04. The molecule has 2 aliphatic heterocycles. The predicted molar refractivity (Wildman–Crippen MR) is 103 cm³/mol. The highest BCUT2D eigenvalue weighted by molar-refractivity contribution is 5.81. The van der Waals surface area contributed by atoms with Crippen LogP contribution in [0.2, 0.25) is 0 Å². The molecule has 0 N–H and O–H groups in total. The maximum atomic E-state index is 12.9. The summed E-state index contributed by atoms with van der Waals surface area (Å²) in [7, 11) is 0. The lowest BCUT2D eigenvalue weighted by atomic mass is 9.95. The topological polar surface area (TPSA) is 49.9 Å². The van der Waals surface area contributed by atoms with Crippen molar-refractivity contribution >= 4 is 11.8 Å². The number of benzene rings is 1. The number of ether oxygens (including phenoxy) is 1. The van der Waals surface area contributed by atoms with Gasteiger partial charge in [-0.05, 0) is 30.4 Å². The summed E-state index contributed by atoms with van der Waals surface area (Å²) < 4.78 is 5.78. The zero-order chi connectivity index (χ0) is 18.6. The van der Waals surface area contributed by atoms with Crippen LogP contribution in [0, 0.1) is 11.8 Å². The van der Waals surface area contributed by atoms with Gasteiger partial charge in [0.2, 0.25) is 11.8 Å². The number of nitrogens with zero attached hydrogens (tertiary/aromatic N) is 2. The second kappa shape index (κ2) is 8.32. The summed E-state index contributed by atoms with van der Waals surface area (Å²) in [6.07, 6.45) is 7.70. The molecule has 0 aromatic heterocycles. The van der Waals surface area contributed by atoms with Crippen LogP contribution in [-0.2, 0) is 16.0 Å². The molecule has 0 bridgehead atoms. The lowest BCUT2D eigenvalue weighted by Gasteiger charge is -2.37. The second-order valence-electron chi connectivity index (χ2n) is 8.22. The van der Waals surface area contributed by atoms with Crippen molar-refractivity contribution in [3.63, 3.8) is 0 Å². The van der Waals surface area contributed by atoms with Crippen molar-refractivity contribution in [3.8, 4) is 5.75 Å². The van der Waals surface area contributed by atoms with Gasteiger partial charge in [-0.15, -0.1) is 0 Å². The maximum Gasteiger partial charge on any atom is 0.229 e. The SMILES string of the molecule is O=C(CCC1CCCC1)N1CCN(C(=O)C2COc3ccccc3C2)CC1. The minimum atomic E-state index is -0.107. The van der Waals surface area contributed by atoms with Gasteiger partial charge in [-0.1, -0.05) is 43.9 Å². The highest BCUT2D eigenvalue weighted by Crippen LogP contribution is 2.29. The first-order chi connectivity index (χ1) is 13.2. The van der Waals surface area contributed by atoms with E-state index < -0.39 is 0 Å². The molecule has 2 heterocycles. The Labute approximate surface area is 161 Å². The van der Waals surface area contributed by atoms with Gasteiger partial charge >= 0.3 is 0 Å². The summed E-state index contributed by atoms with van der Waals surface area (Å²) >= 11 is 0.